The third-order valence-corrected chi connectivity index (χ3v) is 5.00. The molecule has 1 aliphatic heterocycles. The number of anilines is 2. The van der Waals surface area contributed by atoms with E-state index in [0.717, 1.165) is 34.0 Å². The van der Waals surface area contributed by atoms with Gasteiger partial charge in [-0.1, -0.05) is 11.2 Å². The van der Waals surface area contributed by atoms with Crippen LogP contribution >= 0.6 is 11.8 Å². The molecule has 0 bridgehead atoms. The minimum Gasteiger partial charge on any atom is -0.397 e. The van der Waals surface area contributed by atoms with Gasteiger partial charge in [0.05, 0.1) is 17.1 Å². The molecule has 3 N–H and O–H groups in total. The summed E-state index contributed by atoms with van der Waals surface area (Å²) in [6.07, 6.45) is 2.41. The molecule has 112 valence electrons. The predicted molar refractivity (Wildman–Crippen MR) is 89.8 cm³/mol. The standard InChI is InChI=1S/C16H21N3OS/c1-10-16(11(2)20-19-10)12-3-4-15(14(17)9-12)18-13-5-7-21-8-6-13/h3-4,9,13,18H,5-8,17H2,1-2H3. The average molecular weight is 303 g/mol. The van der Waals surface area contributed by atoms with Crippen molar-refractivity contribution in [3.8, 4) is 11.1 Å². The lowest BCUT2D eigenvalue weighted by molar-refractivity contribution is 0.393. The van der Waals surface area contributed by atoms with Crippen molar-refractivity contribution in [2.24, 2.45) is 0 Å². The van der Waals surface area contributed by atoms with Gasteiger partial charge in [-0.2, -0.15) is 11.8 Å². The minimum absolute atomic E-state index is 0.540. The topological polar surface area (TPSA) is 64.1 Å². The number of aromatic nitrogens is 1. The third kappa shape index (κ3) is 3.02. The molecule has 2 heterocycles. The summed E-state index contributed by atoms with van der Waals surface area (Å²) in [4.78, 5) is 0. The maximum atomic E-state index is 6.23. The van der Waals surface area contributed by atoms with E-state index in [2.05, 4.69) is 22.6 Å². The van der Waals surface area contributed by atoms with E-state index in [-0.39, 0.29) is 0 Å². The van der Waals surface area contributed by atoms with Crippen LogP contribution in [0, 0.1) is 13.8 Å². The molecule has 0 saturated carbocycles. The van der Waals surface area contributed by atoms with Crippen LogP contribution in [-0.2, 0) is 0 Å². The van der Waals surface area contributed by atoms with Gasteiger partial charge in [0.15, 0.2) is 0 Å². The van der Waals surface area contributed by atoms with Crippen LogP contribution in [0.5, 0.6) is 0 Å². The first-order valence-corrected chi connectivity index (χ1v) is 8.47. The van der Waals surface area contributed by atoms with Gasteiger partial charge in [-0.15, -0.1) is 0 Å². The fourth-order valence-corrected chi connectivity index (χ4v) is 3.91. The molecule has 0 amide bonds. The number of nitrogens with one attached hydrogen (secondary N) is 1. The molecule has 5 heteroatoms. The van der Waals surface area contributed by atoms with Crippen molar-refractivity contribution in [2.75, 3.05) is 22.6 Å². The van der Waals surface area contributed by atoms with Crippen LogP contribution in [0.2, 0.25) is 0 Å². The highest BCUT2D eigenvalue weighted by atomic mass is 32.2. The van der Waals surface area contributed by atoms with Crippen LogP contribution in [0.25, 0.3) is 11.1 Å². The van der Waals surface area contributed by atoms with Gasteiger partial charge in [-0.05, 0) is 55.9 Å². The van der Waals surface area contributed by atoms with Gasteiger partial charge in [0.1, 0.15) is 5.76 Å². The Morgan fingerprint density at radius 1 is 1.29 bits per heavy atom. The zero-order valence-electron chi connectivity index (χ0n) is 12.5. The summed E-state index contributed by atoms with van der Waals surface area (Å²) in [5.41, 5.74) is 11.0. The molecular formula is C16H21N3OS. The van der Waals surface area contributed by atoms with E-state index in [1.54, 1.807) is 0 Å². The first kappa shape index (κ1) is 14.3. The smallest absolute Gasteiger partial charge is 0.141 e. The number of rotatable bonds is 3. The molecule has 0 unspecified atom stereocenters. The van der Waals surface area contributed by atoms with Gasteiger partial charge >= 0.3 is 0 Å². The largest absolute Gasteiger partial charge is 0.397 e. The minimum atomic E-state index is 0.540. The van der Waals surface area contributed by atoms with Crippen LogP contribution in [0.4, 0.5) is 11.4 Å². The molecule has 3 rings (SSSR count). The molecule has 0 aliphatic carbocycles. The van der Waals surface area contributed by atoms with Crippen LogP contribution in [0.15, 0.2) is 22.7 Å². The van der Waals surface area contributed by atoms with Gasteiger partial charge in [-0.25, -0.2) is 0 Å². The van der Waals surface area contributed by atoms with E-state index >= 15 is 0 Å². The fraction of sp³-hybridized carbons (Fsp3) is 0.438. The molecule has 0 spiro atoms. The zero-order valence-corrected chi connectivity index (χ0v) is 13.3. The molecule has 4 nitrogen and oxygen atoms in total. The summed E-state index contributed by atoms with van der Waals surface area (Å²) in [6.45, 7) is 3.88. The van der Waals surface area contributed by atoms with E-state index in [0.29, 0.717) is 6.04 Å². The highest BCUT2D eigenvalue weighted by Crippen LogP contribution is 2.32. The normalized spacial score (nSPS) is 16.1. The first-order chi connectivity index (χ1) is 10.1. The van der Waals surface area contributed by atoms with E-state index in [1.807, 2.05) is 31.7 Å². The molecule has 0 atom stereocenters. The number of nitrogen functional groups attached to an aromatic ring is 1. The van der Waals surface area contributed by atoms with E-state index < -0.39 is 0 Å². The molecule has 0 radical (unpaired) electrons. The Balaban J connectivity index is 1.82. The Kier molecular flexibility index (Phi) is 4.10. The second-order valence-electron chi connectivity index (χ2n) is 5.53. The van der Waals surface area contributed by atoms with Crippen LogP contribution in [0.1, 0.15) is 24.3 Å². The monoisotopic (exact) mass is 303 g/mol. The first-order valence-electron chi connectivity index (χ1n) is 7.32. The third-order valence-electron chi connectivity index (χ3n) is 3.95. The zero-order chi connectivity index (χ0) is 14.8. The molecule has 1 fully saturated rings. The van der Waals surface area contributed by atoms with Gasteiger partial charge in [0, 0.05) is 11.6 Å². The van der Waals surface area contributed by atoms with Gasteiger partial charge in [0.25, 0.3) is 0 Å². The van der Waals surface area contributed by atoms with Crippen molar-refractivity contribution in [1.29, 1.82) is 0 Å². The maximum Gasteiger partial charge on any atom is 0.141 e. The quantitative estimate of drug-likeness (QED) is 0.843. The lowest BCUT2D eigenvalue weighted by Gasteiger charge is -2.24. The summed E-state index contributed by atoms with van der Waals surface area (Å²) in [5.74, 6) is 3.29. The van der Waals surface area contributed by atoms with Crippen molar-refractivity contribution in [1.82, 2.24) is 5.16 Å². The number of aryl methyl sites for hydroxylation is 2. The molecule has 1 aromatic carbocycles. The number of nitrogens with zero attached hydrogens (tertiary/aromatic N) is 1. The summed E-state index contributed by atoms with van der Waals surface area (Å²) in [6, 6.07) is 6.70. The lowest BCUT2D eigenvalue weighted by atomic mass is 10.0. The Morgan fingerprint density at radius 2 is 2.05 bits per heavy atom. The Bertz CT molecular complexity index is 613. The van der Waals surface area contributed by atoms with Crippen LogP contribution in [-0.4, -0.2) is 22.7 Å². The summed E-state index contributed by atoms with van der Waals surface area (Å²) < 4.78 is 5.23. The molecule has 21 heavy (non-hydrogen) atoms. The Hall–Kier alpha value is -1.62. The molecule has 1 aromatic heterocycles. The fourth-order valence-electron chi connectivity index (χ4n) is 2.81. The molecular weight excluding hydrogens is 282 g/mol. The summed E-state index contributed by atoms with van der Waals surface area (Å²) in [7, 11) is 0. The summed E-state index contributed by atoms with van der Waals surface area (Å²) in [5, 5.41) is 7.58. The van der Waals surface area contributed by atoms with E-state index in [4.69, 9.17) is 10.3 Å². The van der Waals surface area contributed by atoms with Crippen LogP contribution < -0.4 is 11.1 Å². The van der Waals surface area contributed by atoms with E-state index in [9.17, 15) is 0 Å². The maximum absolute atomic E-state index is 6.23. The van der Waals surface area contributed by atoms with E-state index in [1.165, 1.54) is 24.3 Å². The molecule has 1 aliphatic rings. The number of nitrogens with two attached hydrogens (primary N) is 1. The predicted octanol–water partition coefficient (Wildman–Crippen LogP) is 3.85. The van der Waals surface area contributed by atoms with Gasteiger partial charge in [-0.3, -0.25) is 0 Å². The van der Waals surface area contributed by atoms with Crippen molar-refractivity contribution in [3.05, 3.63) is 29.7 Å². The second-order valence-corrected chi connectivity index (χ2v) is 6.76. The number of hydrogen-bond acceptors (Lipinski definition) is 5. The molecule has 1 saturated heterocycles. The van der Waals surface area contributed by atoms with Crippen LogP contribution in [0.3, 0.4) is 0 Å². The molecule has 2 aromatic rings. The number of hydrogen-bond donors (Lipinski definition) is 2. The Morgan fingerprint density at radius 3 is 2.67 bits per heavy atom. The second kappa shape index (κ2) is 6.02. The summed E-state index contributed by atoms with van der Waals surface area (Å²) >= 11 is 2.03. The average Bonchev–Trinajstić information content (AvgIpc) is 2.82. The van der Waals surface area contributed by atoms with Gasteiger partial charge < -0.3 is 15.6 Å². The highest BCUT2D eigenvalue weighted by molar-refractivity contribution is 7.99. The van der Waals surface area contributed by atoms with Crippen molar-refractivity contribution >= 4 is 23.1 Å². The SMILES string of the molecule is Cc1noc(C)c1-c1ccc(NC2CCSCC2)c(N)c1. The van der Waals surface area contributed by atoms with Crippen molar-refractivity contribution in [2.45, 2.75) is 32.7 Å². The number of benzene rings is 1. The van der Waals surface area contributed by atoms with Gasteiger partial charge in [0.2, 0.25) is 0 Å². The van der Waals surface area contributed by atoms with Crippen molar-refractivity contribution in [3.63, 3.8) is 0 Å². The Labute approximate surface area is 129 Å². The lowest BCUT2D eigenvalue weighted by Crippen LogP contribution is -2.24. The highest BCUT2D eigenvalue weighted by Gasteiger charge is 2.16. The number of thioether (sulfide) groups is 1. The van der Waals surface area contributed by atoms with Crippen molar-refractivity contribution < 1.29 is 4.52 Å².